The number of rotatable bonds is 1. The van der Waals surface area contributed by atoms with E-state index >= 15 is 0 Å². The van der Waals surface area contributed by atoms with Crippen molar-refractivity contribution < 1.29 is 4.74 Å². The lowest BCUT2D eigenvalue weighted by Crippen LogP contribution is -2.06. The highest BCUT2D eigenvalue weighted by Gasteiger charge is 2.21. The molecule has 0 aliphatic carbocycles. The molecule has 1 atom stereocenters. The van der Waals surface area contributed by atoms with Gasteiger partial charge in [-0.25, -0.2) is 0 Å². The first-order chi connectivity index (χ1) is 8.34. The molecule has 1 aromatic carbocycles. The molecule has 2 nitrogen and oxygen atoms in total. The van der Waals surface area contributed by atoms with Gasteiger partial charge in [-0.3, -0.25) is 0 Å². The molecule has 1 aliphatic heterocycles. The minimum Gasteiger partial charge on any atom is -0.382 e. The summed E-state index contributed by atoms with van der Waals surface area (Å²) in [5, 5.41) is 5.49. The summed E-state index contributed by atoms with van der Waals surface area (Å²) in [6.07, 6.45) is 0.0532. The Morgan fingerprint density at radius 1 is 1.35 bits per heavy atom. The predicted molar refractivity (Wildman–Crippen MR) is 74.7 cm³/mol. The Morgan fingerprint density at radius 2 is 2.29 bits per heavy atom. The van der Waals surface area contributed by atoms with Crippen molar-refractivity contribution in [2.45, 2.75) is 6.10 Å². The fraction of sp³-hybridized carbons (Fsp3) is 0.231. The maximum Gasteiger partial charge on any atom is 0.119 e. The molecular formula is C13H12BrNOS. The van der Waals surface area contributed by atoms with Gasteiger partial charge in [-0.15, -0.1) is 11.3 Å². The standard InChI is InChI=1S/C13H12BrNOS/c14-9-3-4-11-10(8-9)13(16-6-5-15-11)12-2-1-7-17-12/h1-4,7-8,13,15H,5-6H2. The lowest BCUT2D eigenvalue weighted by molar-refractivity contribution is 0.0949. The van der Waals surface area contributed by atoms with Crippen LogP contribution in [0.4, 0.5) is 5.69 Å². The van der Waals surface area contributed by atoms with Crippen LogP contribution in [0.3, 0.4) is 0 Å². The number of hydrogen-bond donors (Lipinski definition) is 1. The van der Waals surface area contributed by atoms with E-state index < -0.39 is 0 Å². The molecule has 0 saturated heterocycles. The highest BCUT2D eigenvalue weighted by molar-refractivity contribution is 9.10. The highest BCUT2D eigenvalue weighted by atomic mass is 79.9. The summed E-state index contributed by atoms with van der Waals surface area (Å²) in [7, 11) is 0. The van der Waals surface area contributed by atoms with E-state index in [0.717, 1.165) is 17.6 Å². The summed E-state index contributed by atoms with van der Waals surface area (Å²) >= 11 is 5.27. The second kappa shape index (κ2) is 4.80. The van der Waals surface area contributed by atoms with Gasteiger partial charge in [0, 0.05) is 27.1 Å². The van der Waals surface area contributed by atoms with Crippen molar-refractivity contribution in [2.24, 2.45) is 0 Å². The fourth-order valence-electron chi connectivity index (χ4n) is 2.04. The Labute approximate surface area is 113 Å². The number of nitrogens with one attached hydrogen (secondary N) is 1. The van der Waals surface area contributed by atoms with Crippen molar-refractivity contribution in [3.05, 3.63) is 50.6 Å². The molecule has 0 saturated carbocycles. The van der Waals surface area contributed by atoms with Crippen molar-refractivity contribution in [3.63, 3.8) is 0 Å². The molecule has 4 heteroatoms. The molecule has 2 heterocycles. The zero-order chi connectivity index (χ0) is 11.7. The summed E-state index contributed by atoms with van der Waals surface area (Å²) in [4.78, 5) is 1.26. The van der Waals surface area contributed by atoms with Crippen LogP contribution < -0.4 is 5.32 Å². The van der Waals surface area contributed by atoms with Crippen LogP contribution >= 0.6 is 27.3 Å². The van der Waals surface area contributed by atoms with Gasteiger partial charge in [-0.05, 0) is 29.6 Å². The van der Waals surface area contributed by atoms with Crippen LogP contribution in [0.25, 0.3) is 0 Å². The Kier molecular flexibility index (Phi) is 3.18. The Balaban J connectivity index is 2.09. The number of anilines is 1. The van der Waals surface area contributed by atoms with E-state index in [1.165, 1.54) is 16.1 Å². The number of fused-ring (bicyclic) bond motifs is 1. The van der Waals surface area contributed by atoms with Crippen LogP contribution in [0.2, 0.25) is 0 Å². The number of hydrogen-bond acceptors (Lipinski definition) is 3. The zero-order valence-electron chi connectivity index (χ0n) is 9.15. The van der Waals surface area contributed by atoms with Gasteiger partial charge in [-0.1, -0.05) is 22.0 Å². The van der Waals surface area contributed by atoms with Crippen molar-refractivity contribution in [1.29, 1.82) is 0 Å². The molecule has 1 unspecified atom stereocenters. The van der Waals surface area contributed by atoms with Gasteiger partial charge in [0.2, 0.25) is 0 Å². The molecule has 0 fully saturated rings. The first-order valence-corrected chi connectivity index (χ1v) is 7.20. The summed E-state index contributed by atoms with van der Waals surface area (Å²) in [5.41, 5.74) is 2.38. The van der Waals surface area contributed by atoms with Crippen molar-refractivity contribution >= 4 is 33.0 Å². The third kappa shape index (κ3) is 2.25. The predicted octanol–water partition coefficient (Wildman–Crippen LogP) is 4.04. The van der Waals surface area contributed by atoms with E-state index in [1.54, 1.807) is 11.3 Å². The highest BCUT2D eigenvalue weighted by Crippen LogP contribution is 2.36. The van der Waals surface area contributed by atoms with E-state index in [-0.39, 0.29) is 6.10 Å². The van der Waals surface area contributed by atoms with Gasteiger partial charge < -0.3 is 10.1 Å². The lowest BCUT2D eigenvalue weighted by atomic mass is 10.1. The lowest BCUT2D eigenvalue weighted by Gasteiger charge is -2.16. The molecule has 17 heavy (non-hydrogen) atoms. The summed E-state index contributed by atoms with van der Waals surface area (Å²) in [5.74, 6) is 0. The van der Waals surface area contributed by atoms with Crippen LogP contribution in [0.15, 0.2) is 40.2 Å². The Morgan fingerprint density at radius 3 is 3.12 bits per heavy atom. The summed E-state index contributed by atoms with van der Waals surface area (Å²) < 4.78 is 7.04. The summed E-state index contributed by atoms with van der Waals surface area (Å²) in [6.45, 7) is 1.59. The third-order valence-electron chi connectivity index (χ3n) is 2.80. The van der Waals surface area contributed by atoms with Gasteiger partial charge in [0.15, 0.2) is 0 Å². The SMILES string of the molecule is Brc1ccc2c(c1)C(c1cccs1)OCCN2. The van der Waals surface area contributed by atoms with E-state index in [4.69, 9.17) is 4.74 Å². The average Bonchev–Trinajstić information content (AvgIpc) is 2.77. The molecular weight excluding hydrogens is 298 g/mol. The van der Waals surface area contributed by atoms with Crippen LogP contribution in [0, 0.1) is 0 Å². The van der Waals surface area contributed by atoms with Gasteiger partial charge in [0.25, 0.3) is 0 Å². The van der Waals surface area contributed by atoms with Crippen molar-refractivity contribution in [2.75, 3.05) is 18.5 Å². The van der Waals surface area contributed by atoms with Crippen LogP contribution in [-0.4, -0.2) is 13.2 Å². The second-order valence-electron chi connectivity index (χ2n) is 3.92. The monoisotopic (exact) mass is 309 g/mol. The zero-order valence-corrected chi connectivity index (χ0v) is 11.6. The first-order valence-electron chi connectivity index (χ1n) is 5.53. The molecule has 2 aromatic rings. The average molecular weight is 310 g/mol. The molecule has 88 valence electrons. The summed E-state index contributed by atoms with van der Waals surface area (Å²) in [6, 6.07) is 10.5. The minimum absolute atomic E-state index is 0.0532. The Bertz CT molecular complexity index is 512. The topological polar surface area (TPSA) is 21.3 Å². The largest absolute Gasteiger partial charge is 0.382 e. The quantitative estimate of drug-likeness (QED) is 0.858. The second-order valence-corrected chi connectivity index (χ2v) is 5.82. The number of ether oxygens (including phenoxy) is 1. The molecule has 3 rings (SSSR count). The van der Waals surface area contributed by atoms with Gasteiger partial charge in [-0.2, -0.15) is 0 Å². The number of benzene rings is 1. The fourth-order valence-corrected chi connectivity index (χ4v) is 3.21. The normalized spacial score (nSPS) is 19.2. The van der Waals surface area contributed by atoms with Crippen LogP contribution in [0.5, 0.6) is 0 Å². The van der Waals surface area contributed by atoms with E-state index in [2.05, 4.69) is 57.0 Å². The van der Waals surface area contributed by atoms with E-state index in [0.29, 0.717) is 0 Å². The maximum atomic E-state index is 5.96. The molecule has 1 aliphatic rings. The molecule has 1 N–H and O–H groups in total. The smallest absolute Gasteiger partial charge is 0.119 e. The molecule has 0 bridgehead atoms. The molecule has 0 amide bonds. The van der Waals surface area contributed by atoms with Gasteiger partial charge >= 0.3 is 0 Å². The molecule has 0 radical (unpaired) electrons. The number of halogens is 1. The van der Waals surface area contributed by atoms with Gasteiger partial charge in [0.05, 0.1) is 6.61 Å². The van der Waals surface area contributed by atoms with E-state index in [9.17, 15) is 0 Å². The van der Waals surface area contributed by atoms with Crippen molar-refractivity contribution in [3.8, 4) is 0 Å². The van der Waals surface area contributed by atoms with Crippen molar-refractivity contribution in [1.82, 2.24) is 0 Å². The first kappa shape index (κ1) is 11.3. The van der Waals surface area contributed by atoms with Gasteiger partial charge in [0.1, 0.15) is 6.10 Å². The number of thiophene rings is 1. The third-order valence-corrected chi connectivity index (χ3v) is 4.21. The minimum atomic E-state index is 0.0532. The van der Waals surface area contributed by atoms with Crippen LogP contribution in [0.1, 0.15) is 16.5 Å². The van der Waals surface area contributed by atoms with E-state index in [1.807, 2.05) is 0 Å². The molecule has 1 aromatic heterocycles. The maximum absolute atomic E-state index is 5.96. The van der Waals surface area contributed by atoms with Crippen LogP contribution in [-0.2, 0) is 4.74 Å². The Hall–Kier alpha value is -0.840. The molecule has 0 spiro atoms.